The van der Waals surface area contributed by atoms with Gasteiger partial charge in [-0.1, -0.05) is 25.5 Å². The third-order valence-electron chi connectivity index (χ3n) is 5.16. The average Bonchev–Trinajstić information content (AvgIpc) is 3.19. The second-order valence-corrected chi connectivity index (χ2v) is 8.82. The van der Waals surface area contributed by atoms with E-state index >= 15 is 0 Å². The van der Waals surface area contributed by atoms with E-state index in [2.05, 4.69) is 11.6 Å². The Hall–Kier alpha value is -2.61. The topological polar surface area (TPSA) is 96.7 Å². The van der Waals surface area contributed by atoms with Gasteiger partial charge in [0.25, 0.3) is 21.8 Å². The Morgan fingerprint density at radius 3 is 2.46 bits per heavy atom. The minimum absolute atomic E-state index is 0.0212. The van der Waals surface area contributed by atoms with Gasteiger partial charge in [0.05, 0.1) is 11.2 Å². The van der Waals surface area contributed by atoms with Crippen molar-refractivity contribution in [1.82, 2.24) is 9.62 Å². The van der Waals surface area contributed by atoms with Crippen LogP contribution in [0.4, 0.5) is 0 Å². The average molecular weight is 404 g/mol. The van der Waals surface area contributed by atoms with Gasteiger partial charge < -0.3 is 9.32 Å². The van der Waals surface area contributed by atoms with E-state index in [-0.39, 0.29) is 10.7 Å². The van der Waals surface area contributed by atoms with E-state index in [4.69, 9.17) is 4.42 Å². The van der Waals surface area contributed by atoms with Crippen LogP contribution in [0.2, 0.25) is 0 Å². The number of amides is 2. The highest BCUT2D eigenvalue weighted by atomic mass is 32.2. The van der Waals surface area contributed by atoms with Crippen LogP contribution in [0.25, 0.3) is 0 Å². The molecule has 0 aliphatic carbocycles. The van der Waals surface area contributed by atoms with Crippen molar-refractivity contribution in [2.45, 2.75) is 50.0 Å². The third kappa shape index (κ3) is 3.82. The molecule has 28 heavy (non-hydrogen) atoms. The summed E-state index contributed by atoms with van der Waals surface area (Å²) in [4.78, 5) is 26.5. The van der Waals surface area contributed by atoms with Crippen molar-refractivity contribution in [2.75, 3.05) is 6.54 Å². The molecule has 0 bridgehead atoms. The van der Waals surface area contributed by atoms with Gasteiger partial charge in [0.2, 0.25) is 0 Å². The maximum absolute atomic E-state index is 12.7. The number of hydrogen-bond donors (Lipinski definition) is 1. The molecule has 1 aromatic carbocycles. The molecule has 2 aromatic rings. The summed E-state index contributed by atoms with van der Waals surface area (Å²) in [7, 11) is -4.02. The number of aryl methyl sites for hydroxylation is 1. The largest absolute Gasteiger partial charge is 0.459 e. The molecule has 1 aliphatic rings. The van der Waals surface area contributed by atoms with E-state index in [1.54, 1.807) is 25.1 Å². The van der Waals surface area contributed by atoms with Gasteiger partial charge in [0.1, 0.15) is 5.54 Å². The van der Waals surface area contributed by atoms with Crippen LogP contribution >= 0.6 is 0 Å². The lowest BCUT2D eigenvalue weighted by molar-refractivity contribution is -0.135. The fourth-order valence-electron chi connectivity index (χ4n) is 3.16. The molecule has 1 unspecified atom stereocenters. The summed E-state index contributed by atoms with van der Waals surface area (Å²) in [6.07, 6.45) is 4.71. The zero-order chi connectivity index (χ0) is 20.4. The van der Waals surface area contributed by atoms with Gasteiger partial charge in [0, 0.05) is 6.54 Å². The summed E-state index contributed by atoms with van der Waals surface area (Å²) >= 11 is 0. The number of hydrogen-bond acceptors (Lipinski definition) is 5. The Kier molecular flexibility index (Phi) is 5.60. The molecule has 1 atom stereocenters. The fourth-order valence-corrected chi connectivity index (χ4v) is 4.24. The van der Waals surface area contributed by atoms with Gasteiger partial charge in [-0.25, -0.2) is 13.1 Å². The van der Waals surface area contributed by atoms with Crippen LogP contribution in [0.15, 0.2) is 52.0 Å². The van der Waals surface area contributed by atoms with Gasteiger partial charge in [-0.05, 0) is 56.0 Å². The van der Waals surface area contributed by atoms with Crippen LogP contribution in [0, 0.1) is 0 Å². The number of carbonyl (C=O) groups excluding carboxylic acids is 2. The molecule has 150 valence electrons. The number of nitrogens with one attached hydrogen (secondary N) is 1. The van der Waals surface area contributed by atoms with Crippen LogP contribution in [0.5, 0.6) is 0 Å². The Bertz CT molecular complexity index is 951. The molecule has 1 N–H and O–H groups in total. The van der Waals surface area contributed by atoms with E-state index in [0.717, 1.165) is 24.8 Å². The minimum Gasteiger partial charge on any atom is -0.459 e. The predicted octanol–water partition coefficient (Wildman–Crippen LogP) is 2.73. The standard InChI is InChI=1S/C20H24N2O5S/c1-3-4-6-15-8-10-16(11-9-15)28(25,26)21-19(24)20(2)12-13-22(20)18(23)17-7-5-14-27-17/h5,7-11,14H,3-4,6,12-13H2,1-2H3,(H,21,24). The highest BCUT2D eigenvalue weighted by molar-refractivity contribution is 7.90. The molecular weight excluding hydrogens is 380 g/mol. The summed E-state index contributed by atoms with van der Waals surface area (Å²) in [6, 6.07) is 9.60. The monoisotopic (exact) mass is 404 g/mol. The number of benzene rings is 1. The summed E-state index contributed by atoms with van der Waals surface area (Å²) in [5, 5.41) is 0. The molecule has 1 aromatic heterocycles. The molecule has 1 fully saturated rings. The number of furan rings is 1. The molecule has 7 nitrogen and oxygen atoms in total. The molecule has 0 spiro atoms. The van der Waals surface area contributed by atoms with Crippen molar-refractivity contribution in [3.05, 3.63) is 54.0 Å². The lowest BCUT2D eigenvalue weighted by Crippen LogP contribution is -2.67. The smallest absolute Gasteiger partial charge is 0.290 e. The maximum Gasteiger partial charge on any atom is 0.290 e. The van der Waals surface area contributed by atoms with Crippen molar-refractivity contribution < 1.29 is 22.4 Å². The molecule has 2 heterocycles. The van der Waals surface area contributed by atoms with E-state index in [0.29, 0.717) is 13.0 Å². The van der Waals surface area contributed by atoms with Gasteiger partial charge in [-0.3, -0.25) is 9.59 Å². The van der Waals surface area contributed by atoms with Crippen molar-refractivity contribution in [2.24, 2.45) is 0 Å². The zero-order valence-corrected chi connectivity index (χ0v) is 16.8. The van der Waals surface area contributed by atoms with Gasteiger partial charge in [-0.15, -0.1) is 0 Å². The Morgan fingerprint density at radius 2 is 1.93 bits per heavy atom. The molecular formula is C20H24N2O5S. The Labute approximate surface area is 164 Å². The first-order valence-electron chi connectivity index (χ1n) is 9.29. The SMILES string of the molecule is CCCCc1ccc(S(=O)(=O)NC(=O)C2(C)CCN2C(=O)c2ccco2)cc1. The highest BCUT2D eigenvalue weighted by Crippen LogP contribution is 2.32. The number of sulfonamides is 1. The van der Waals surface area contributed by atoms with Crippen molar-refractivity contribution in [3.63, 3.8) is 0 Å². The van der Waals surface area contributed by atoms with Crippen molar-refractivity contribution in [1.29, 1.82) is 0 Å². The molecule has 0 saturated carbocycles. The van der Waals surface area contributed by atoms with E-state index in [1.807, 2.05) is 0 Å². The summed E-state index contributed by atoms with van der Waals surface area (Å²) < 4.78 is 32.4. The van der Waals surface area contributed by atoms with Crippen LogP contribution in [-0.2, 0) is 21.2 Å². The summed E-state index contributed by atoms with van der Waals surface area (Å²) in [5.41, 5.74) is -0.189. The Balaban J connectivity index is 1.71. The van der Waals surface area contributed by atoms with Gasteiger partial charge >= 0.3 is 0 Å². The Morgan fingerprint density at radius 1 is 1.21 bits per heavy atom. The normalized spacial score (nSPS) is 19.1. The van der Waals surface area contributed by atoms with E-state index in [9.17, 15) is 18.0 Å². The first kappa shape index (κ1) is 20.1. The van der Waals surface area contributed by atoms with Crippen molar-refractivity contribution >= 4 is 21.8 Å². The number of likely N-dealkylation sites (tertiary alicyclic amines) is 1. The van der Waals surface area contributed by atoms with Crippen LogP contribution in [0.3, 0.4) is 0 Å². The number of rotatable bonds is 7. The second-order valence-electron chi connectivity index (χ2n) is 7.14. The predicted molar refractivity (Wildman–Crippen MR) is 103 cm³/mol. The third-order valence-corrected chi connectivity index (χ3v) is 6.51. The number of carbonyl (C=O) groups is 2. The number of nitrogens with zero attached hydrogens (tertiary/aromatic N) is 1. The summed E-state index contributed by atoms with van der Waals surface area (Å²) in [5.74, 6) is -1.05. The van der Waals surface area contributed by atoms with Crippen LogP contribution in [0.1, 0.15) is 49.2 Å². The fraction of sp³-hybridized carbons (Fsp3) is 0.400. The highest BCUT2D eigenvalue weighted by Gasteiger charge is 2.51. The minimum atomic E-state index is -4.02. The van der Waals surface area contributed by atoms with Gasteiger partial charge in [-0.2, -0.15) is 0 Å². The summed E-state index contributed by atoms with van der Waals surface area (Å²) in [6.45, 7) is 4.00. The van der Waals surface area contributed by atoms with Crippen LogP contribution < -0.4 is 4.72 Å². The molecule has 2 amide bonds. The molecule has 1 aliphatic heterocycles. The van der Waals surface area contributed by atoms with Crippen molar-refractivity contribution in [3.8, 4) is 0 Å². The van der Waals surface area contributed by atoms with E-state index in [1.165, 1.54) is 29.4 Å². The first-order chi connectivity index (χ1) is 13.3. The second kappa shape index (κ2) is 7.79. The quantitative estimate of drug-likeness (QED) is 0.765. The molecule has 8 heteroatoms. The van der Waals surface area contributed by atoms with Crippen LogP contribution in [-0.4, -0.2) is 37.2 Å². The zero-order valence-electron chi connectivity index (χ0n) is 16.0. The molecule has 3 rings (SSSR count). The molecule has 0 radical (unpaired) electrons. The number of unbranched alkanes of at least 4 members (excludes halogenated alkanes) is 1. The molecule has 1 saturated heterocycles. The lowest BCUT2D eigenvalue weighted by atomic mass is 9.85. The van der Waals surface area contributed by atoms with E-state index < -0.39 is 27.4 Å². The maximum atomic E-state index is 12.7. The lowest BCUT2D eigenvalue weighted by Gasteiger charge is -2.48. The first-order valence-corrected chi connectivity index (χ1v) is 10.8. The van der Waals surface area contributed by atoms with Gasteiger partial charge in [0.15, 0.2) is 5.76 Å².